The van der Waals surface area contributed by atoms with E-state index in [-0.39, 0.29) is 5.52 Å². The summed E-state index contributed by atoms with van der Waals surface area (Å²) in [4.78, 5) is 0. The number of nitrogens with one attached hydrogen (secondary N) is 1. The Labute approximate surface area is 102 Å². The van der Waals surface area contributed by atoms with Crippen LogP contribution in [0.5, 0.6) is 5.75 Å². The minimum absolute atomic E-state index is 0.141. The van der Waals surface area contributed by atoms with Crippen LogP contribution in [0, 0.1) is 11.6 Å². The number of hydrogen-bond donors (Lipinski definition) is 1. The Morgan fingerprint density at radius 2 is 2.28 bits per heavy atom. The van der Waals surface area contributed by atoms with E-state index in [9.17, 15) is 8.78 Å². The molecule has 1 aliphatic rings. The highest BCUT2D eigenvalue weighted by Gasteiger charge is 2.22. The zero-order chi connectivity index (χ0) is 12.5. The summed E-state index contributed by atoms with van der Waals surface area (Å²) in [5.41, 5.74) is 0.141. The molecule has 1 saturated heterocycles. The average Bonchev–Trinajstić information content (AvgIpc) is 2.84. The maximum Gasteiger partial charge on any atom is 0.200 e. The predicted molar refractivity (Wildman–Crippen MR) is 60.2 cm³/mol. The van der Waals surface area contributed by atoms with Crippen LogP contribution in [-0.2, 0) is 4.74 Å². The van der Waals surface area contributed by atoms with E-state index < -0.39 is 23.7 Å². The first kappa shape index (κ1) is 11.4. The fraction of sp³-hybridized carbons (Fsp3) is 0.417. The Balaban J connectivity index is 1.94. The number of benzene rings is 1. The van der Waals surface area contributed by atoms with Crippen LogP contribution < -0.4 is 4.74 Å². The molecule has 0 aliphatic carbocycles. The Kier molecular flexibility index (Phi) is 2.87. The number of rotatable bonds is 2. The smallest absolute Gasteiger partial charge is 0.200 e. The van der Waals surface area contributed by atoms with Gasteiger partial charge in [-0.25, -0.2) is 8.78 Å². The second kappa shape index (κ2) is 4.53. The topological polar surface area (TPSA) is 47.1 Å². The number of halogens is 2. The van der Waals surface area contributed by atoms with Crippen LogP contribution in [0.25, 0.3) is 10.9 Å². The number of ether oxygens (including phenoxy) is 2. The van der Waals surface area contributed by atoms with Gasteiger partial charge in [0.2, 0.25) is 0 Å². The lowest BCUT2D eigenvalue weighted by Gasteiger charge is -2.23. The lowest BCUT2D eigenvalue weighted by molar-refractivity contribution is -0.108. The Bertz CT molecular complexity index is 564. The van der Waals surface area contributed by atoms with Crippen molar-refractivity contribution in [2.75, 3.05) is 6.61 Å². The molecular formula is C12H12F2N2O2. The molecule has 6 heteroatoms. The molecule has 0 saturated carbocycles. The fourth-order valence-corrected chi connectivity index (χ4v) is 2.04. The van der Waals surface area contributed by atoms with Gasteiger partial charge in [-0.15, -0.1) is 0 Å². The zero-order valence-electron chi connectivity index (χ0n) is 9.58. The number of fused-ring (bicyclic) bond motifs is 1. The molecule has 4 nitrogen and oxygen atoms in total. The summed E-state index contributed by atoms with van der Waals surface area (Å²) in [7, 11) is 0. The highest BCUT2D eigenvalue weighted by atomic mass is 19.1. The van der Waals surface area contributed by atoms with Crippen LogP contribution >= 0.6 is 0 Å². The number of aromatic nitrogens is 2. The molecule has 1 atom stereocenters. The summed E-state index contributed by atoms with van der Waals surface area (Å²) in [5, 5.41) is 6.53. The van der Waals surface area contributed by atoms with Crippen molar-refractivity contribution >= 4 is 10.9 Å². The van der Waals surface area contributed by atoms with Gasteiger partial charge in [0.25, 0.3) is 0 Å². The fourth-order valence-electron chi connectivity index (χ4n) is 2.04. The second-order valence-corrected chi connectivity index (χ2v) is 4.25. The lowest BCUT2D eigenvalue weighted by Crippen LogP contribution is -2.25. The first-order chi connectivity index (χ1) is 8.75. The van der Waals surface area contributed by atoms with Gasteiger partial charge in [-0.2, -0.15) is 5.10 Å². The van der Waals surface area contributed by atoms with Gasteiger partial charge in [-0.05, 0) is 18.9 Å². The summed E-state index contributed by atoms with van der Waals surface area (Å²) in [6.45, 7) is 0.556. The molecule has 96 valence electrons. The maximum absolute atomic E-state index is 14.0. The number of H-pyrrole nitrogens is 1. The third-order valence-electron chi connectivity index (χ3n) is 2.97. The van der Waals surface area contributed by atoms with Crippen molar-refractivity contribution in [3.63, 3.8) is 0 Å². The molecule has 1 aliphatic heterocycles. The third-order valence-corrected chi connectivity index (χ3v) is 2.97. The van der Waals surface area contributed by atoms with Crippen LogP contribution in [0.15, 0.2) is 12.3 Å². The van der Waals surface area contributed by atoms with Gasteiger partial charge in [0.05, 0.1) is 12.8 Å². The van der Waals surface area contributed by atoms with Crippen molar-refractivity contribution in [1.82, 2.24) is 10.2 Å². The summed E-state index contributed by atoms with van der Waals surface area (Å²) in [6, 6.07) is 1.19. The van der Waals surface area contributed by atoms with Crippen LogP contribution in [0.1, 0.15) is 19.3 Å². The predicted octanol–water partition coefficient (Wildman–Crippen LogP) is 2.75. The number of aromatic amines is 1. The lowest BCUT2D eigenvalue weighted by atomic mass is 10.2. The largest absolute Gasteiger partial charge is 0.459 e. The maximum atomic E-state index is 14.0. The Morgan fingerprint density at radius 1 is 1.39 bits per heavy atom. The van der Waals surface area contributed by atoms with Crippen molar-refractivity contribution in [3.8, 4) is 5.75 Å². The standard InChI is InChI=1S/C12H12F2N2O2/c13-8-5-7-6-15-16-11(7)10(14)12(8)18-9-3-1-2-4-17-9/h5-6,9H,1-4H2,(H,15,16). The molecule has 0 amide bonds. The minimum Gasteiger partial charge on any atom is -0.459 e. The van der Waals surface area contributed by atoms with Crippen LogP contribution in [0.3, 0.4) is 0 Å². The summed E-state index contributed by atoms with van der Waals surface area (Å²) >= 11 is 0. The molecule has 1 N–H and O–H groups in total. The van der Waals surface area contributed by atoms with E-state index in [0.717, 1.165) is 12.8 Å². The highest BCUT2D eigenvalue weighted by molar-refractivity contribution is 5.80. The third kappa shape index (κ3) is 1.92. The van der Waals surface area contributed by atoms with Crippen molar-refractivity contribution in [3.05, 3.63) is 23.9 Å². The molecule has 18 heavy (non-hydrogen) atoms. The molecule has 0 spiro atoms. The van der Waals surface area contributed by atoms with Gasteiger partial charge in [-0.1, -0.05) is 0 Å². The van der Waals surface area contributed by atoms with E-state index in [0.29, 0.717) is 18.4 Å². The normalized spacial score (nSPS) is 20.2. The van der Waals surface area contributed by atoms with Gasteiger partial charge in [0, 0.05) is 11.8 Å². The monoisotopic (exact) mass is 254 g/mol. The summed E-state index contributed by atoms with van der Waals surface area (Å²) in [5.74, 6) is -1.91. The van der Waals surface area contributed by atoms with Crippen molar-refractivity contribution in [1.29, 1.82) is 0 Å². The summed E-state index contributed by atoms with van der Waals surface area (Å²) < 4.78 is 38.4. The van der Waals surface area contributed by atoms with Crippen molar-refractivity contribution in [2.24, 2.45) is 0 Å². The highest BCUT2D eigenvalue weighted by Crippen LogP contribution is 2.30. The quantitative estimate of drug-likeness (QED) is 0.896. The van der Waals surface area contributed by atoms with Crippen LogP contribution in [0.2, 0.25) is 0 Å². The van der Waals surface area contributed by atoms with Crippen LogP contribution in [-0.4, -0.2) is 23.1 Å². The summed E-state index contributed by atoms with van der Waals surface area (Å²) in [6.07, 6.45) is 3.30. The van der Waals surface area contributed by atoms with Crippen LogP contribution in [0.4, 0.5) is 8.78 Å². The van der Waals surface area contributed by atoms with E-state index in [4.69, 9.17) is 9.47 Å². The van der Waals surface area contributed by atoms with Gasteiger partial charge in [0.1, 0.15) is 5.52 Å². The SMILES string of the molecule is Fc1cc2cn[nH]c2c(F)c1OC1CCCCO1. The van der Waals surface area contributed by atoms with Gasteiger partial charge >= 0.3 is 0 Å². The molecule has 0 bridgehead atoms. The molecule has 2 heterocycles. The van der Waals surface area contributed by atoms with Crippen molar-refractivity contribution in [2.45, 2.75) is 25.6 Å². The van der Waals surface area contributed by atoms with E-state index in [2.05, 4.69) is 10.2 Å². The van der Waals surface area contributed by atoms with Gasteiger partial charge < -0.3 is 9.47 Å². The van der Waals surface area contributed by atoms with E-state index >= 15 is 0 Å². The molecule has 1 fully saturated rings. The molecule has 1 aromatic heterocycles. The molecular weight excluding hydrogens is 242 g/mol. The molecule has 3 rings (SSSR count). The van der Waals surface area contributed by atoms with Gasteiger partial charge in [0.15, 0.2) is 23.7 Å². The molecule has 0 radical (unpaired) electrons. The first-order valence-corrected chi connectivity index (χ1v) is 5.85. The van der Waals surface area contributed by atoms with E-state index in [1.54, 1.807) is 0 Å². The molecule has 1 aromatic carbocycles. The second-order valence-electron chi connectivity index (χ2n) is 4.25. The van der Waals surface area contributed by atoms with Gasteiger partial charge in [-0.3, -0.25) is 5.10 Å². The molecule has 1 unspecified atom stereocenters. The average molecular weight is 254 g/mol. The Hall–Kier alpha value is -1.69. The zero-order valence-corrected chi connectivity index (χ0v) is 9.58. The number of hydrogen-bond acceptors (Lipinski definition) is 3. The number of nitrogens with zero attached hydrogens (tertiary/aromatic N) is 1. The minimum atomic E-state index is -0.767. The molecule has 2 aromatic rings. The van der Waals surface area contributed by atoms with E-state index in [1.807, 2.05) is 0 Å². The van der Waals surface area contributed by atoms with E-state index in [1.165, 1.54) is 12.3 Å². The van der Waals surface area contributed by atoms with Crippen molar-refractivity contribution < 1.29 is 18.3 Å². The Morgan fingerprint density at radius 3 is 3.06 bits per heavy atom. The first-order valence-electron chi connectivity index (χ1n) is 5.85.